The van der Waals surface area contributed by atoms with E-state index in [2.05, 4.69) is 10.6 Å². The van der Waals surface area contributed by atoms with Crippen LogP contribution in [0.15, 0.2) is 11.8 Å². The summed E-state index contributed by atoms with van der Waals surface area (Å²) in [6.07, 6.45) is 0.835. The van der Waals surface area contributed by atoms with Crippen LogP contribution in [-0.2, 0) is 23.8 Å². The Balaban J connectivity index is 1.95. The van der Waals surface area contributed by atoms with Crippen LogP contribution in [0.5, 0.6) is 0 Å². The summed E-state index contributed by atoms with van der Waals surface area (Å²) in [4.78, 5) is 38.3. The molecule has 0 bridgehead atoms. The molecule has 3 atom stereocenters. The van der Waals surface area contributed by atoms with Crippen molar-refractivity contribution < 1.29 is 28.6 Å². The molecule has 0 aromatic rings. The van der Waals surface area contributed by atoms with Gasteiger partial charge in [-0.3, -0.25) is 14.9 Å². The third-order valence-corrected chi connectivity index (χ3v) is 4.49. The first kappa shape index (κ1) is 24.3. The van der Waals surface area contributed by atoms with Gasteiger partial charge in [0.15, 0.2) is 5.78 Å². The Labute approximate surface area is 178 Å². The van der Waals surface area contributed by atoms with Gasteiger partial charge in [0.1, 0.15) is 12.3 Å². The fourth-order valence-electron chi connectivity index (χ4n) is 3.17. The number of hydrogen-bond acceptors (Lipinski definition) is 7. The molecule has 30 heavy (non-hydrogen) atoms. The summed E-state index contributed by atoms with van der Waals surface area (Å²) in [5.41, 5.74) is -0.754. The minimum absolute atomic E-state index is 0.0309. The highest BCUT2D eigenvalue weighted by Crippen LogP contribution is 2.27. The predicted molar refractivity (Wildman–Crippen MR) is 111 cm³/mol. The van der Waals surface area contributed by atoms with Crippen molar-refractivity contribution in [1.29, 1.82) is 0 Å². The number of Topliss-reactive ketones (excluding diaryl/α,β-unsaturated/α-hetero) is 1. The molecule has 2 N–H and O–H groups in total. The van der Waals surface area contributed by atoms with Crippen LogP contribution in [0.2, 0.25) is 0 Å². The number of imide groups is 1. The van der Waals surface area contributed by atoms with Crippen molar-refractivity contribution in [2.24, 2.45) is 0 Å². The minimum Gasteiger partial charge on any atom is -0.379 e. The first-order valence-corrected chi connectivity index (χ1v) is 10.3. The highest BCUT2D eigenvalue weighted by atomic mass is 16.6. The number of hydrogen-bond donors (Lipinski definition) is 2. The summed E-state index contributed by atoms with van der Waals surface area (Å²) < 4.78 is 17.9. The predicted octanol–water partition coefficient (Wildman–Crippen LogP) is 1.71. The molecule has 0 radical (unpaired) electrons. The van der Waals surface area contributed by atoms with Crippen molar-refractivity contribution in [3.8, 4) is 0 Å². The van der Waals surface area contributed by atoms with Crippen LogP contribution in [0.25, 0.3) is 0 Å². The molecule has 2 heterocycles. The number of ketones is 1. The lowest BCUT2D eigenvalue weighted by atomic mass is 10.1. The molecule has 3 amide bonds. The van der Waals surface area contributed by atoms with Crippen LogP contribution in [0.1, 0.15) is 54.4 Å². The molecule has 2 aliphatic rings. The Morgan fingerprint density at radius 1 is 1.20 bits per heavy atom. The third-order valence-electron chi connectivity index (χ3n) is 4.49. The van der Waals surface area contributed by atoms with Gasteiger partial charge in [0.05, 0.1) is 29.5 Å². The van der Waals surface area contributed by atoms with Crippen molar-refractivity contribution in [2.45, 2.75) is 84.0 Å². The zero-order valence-electron chi connectivity index (χ0n) is 19.0. The number of carbonyl (C=O) groups excluding carboxylic acids is 3. The number of amides is 3. The first-order valence-electron chi connectivity index (χ1n) is 10.3. The molecule has 1 fully saturated rings. The summed E-state index contributed by atoms with van der Waals surface area (Å²) in [5, 5.41) is 4.84. The SMILES string of the molecule is CN1C=C(C(=O)NC(=O)N[C@H]2C[C@@H](OC(C)(C)C)[C@@H](COC(C)(C)C)O2)C(=O)CC1. The number of urea groups is 1. The average Bonchev–Trinajstić information content (AvgIpc) is 2.93. The van der Waals surface area contributed by atoms with E-state index in [-0.39, 0.29) is 41.2 Å². The molecule has 0 aromatic heterocycles. The van der Waals surface area contributed by atoms with E-state index in [4.69, 9.17) is 14.2 Å². The van der Waals surface area contributed by atoms with Crippen LogP contribution in [0.4, 0.5) is 4.79 Å². The fraction of sp³-hybridized carbons (Fsp3) is 0.762. The zero-order chi connectivity index (χ0) is 22.7. The number of nitrogens with zero attached hydrogens (tertiary/aromatic N) is 1. The van der Waals surface area contributed by atoms with Gasteiger partial charge in [-0.15, -0.1) is 0 Å². The molecule has 1 saturated heterocycles. The normalized spacial score (nSPS) is 25.2. The number of nitrogens with one attached hydrogen (secondary N) is 2. The first-order chi connectivity index (χ1) is 13.7. The minimum atomic E-state index is -0.725. The standard InChI is InChI=1S/C21H35N3O6/c1-20(2,3)28-12-16-15(30-21(4,5)6)10-17(29-16)22-19(27)23-18(26)13-11-24(7)9-8-14(13)25/h11,15-17H,8-10,12H2,1-7H3,(H2,22,23,26,27)/t15-,16-,17-/m1/s1. The zero-order valence-corrected chi connectivity index (χ0v) is 19.0. The van der Waals surface area contributed by atoms with Crippen molar-refractivity contribution in [3.05, 3.63) is 11.8 Å². The molecule has 2 aliphatic heterocycles. The quantitative estimate of drug-likeness (QED) is 0.646. The molecule has 0 aromatic carbocycles. The molecule has 0 unspecified atom stereocenters. The van der Waals surface area contributed by atoms with Gasteiger partial charge in [0, 0.05) is 32.6 Å². The highest BCUT2D eigenvalue weighted by molar-refractivity contribution is 6.22. The van der Waals surface area contributed by atoms with Crippen molar-refractivity contribution in [1.82, 2.24) is 15.5 Å². The summed E-state index contributed by atoms with van der Waals surface area (Å²) in [7, 11) is 1.77. The number of carbonyl (C=O) groups is 3. The maximum absolute atomic E-state index is 12.3. The Kier molecular flexibility index (Phi) is 7.65. The Bertz CT molecular complexity index is 692. The van der Waals surface area contributed by atoms with Crippen LogP contribution in [-0.4, -0.2) is 72.5 Å². The fourth-order valence-corrected chi connectivity index (χ4v) is 3.17. The largest absolute Gasteiger partial charge is 0.379 e. The molecule has 2 rings (SSSR count). The van der Waals surface area contributed by atoms with Crippen LogP contribution < -0.4 is 10.6 Å². The van der Waals surface area contributed by atoms with Gasteiger partial charge in [0.2, 0.25) is 0 Å². The maximum Gasteiger partial charge on any atom is 0.323 e. The van der Waals surface area contributed by atoms with Crippen molar-refractivity contribution in [2.75, 3.05) is 20.2 Å². The van der Waals surface area contributed by atoms with E-state index < -0.39 is 18.2 Å². The van der Waals surface area contributed by atoms with Crippen LogP contribution in [0, 0.1) is 0 Å². The molecule has 9 heteroatoms. The van der Waals surface area contributed by atoms with Gasteiger partial charge in [0.25, 0.3) is 5.91 Å². The smallest absolute Gasteiger partial charge is 0.323 e. The summed E-state index contributed by atoms with van der Waals surface area (Å²) >= 11 is 0. The van der Waals surface area contributed by atoms with E-state index in [1.807, 2.05) is 41.5 Å². The lowest BCUT2D eigenvalue weighted by Crippen LogP contribution is -2.46. The number of ether oxygens (including phenoxy) is 3. The van der Waals surface area contributed by atoms with Crippen molar-refractivity contribution in [3.63, 3.8) is 0 Å². The van der Waals surface area contributed by atoms with Gasteiger partial charge in [-0.1, -0.05) is 0 Å². The lowest BCUT2D eigenvalue weighted by molar-refractivity contribution is -0.129. The molecule has 0 spiro atoms. The van der Waals surface area contributed by atoms with E-state index in [1.54, 1.807) is 11.9 Å². The number of rotatable bonds is 5. The summed E-state index contributed by atoms with van der Waals surface area (Å²) in [6, 6.07) is -0.723. The molecule has 9 nitrogen and oxygen atoms in total. The van der Waals surface area contributed by atoms with E-state index in [0.717, 1.165) is 0 Å². The maximum atomic E-state index is 12.3. The molecular formula is C21H35N3O6. The van der Waals surface area contributed by atoms with Gasteiger partial charge in [-0.2, -0.15) is 0 Å². The molecule has 170 valence electrons. The summed E-state index contributed by atoms with van der Waals surface area (Å²) in [5.74, 6) is -1.01. The molecular weight excluding hydrogens is 390 g/mol. The second-order valence-corrected chi connectivity index (χ2v) is 9.72. The monoisotopic (exact) mass is 425 g/mol. The van der Waals surface area contributed by atoms with E-state index in [9.17, 15) is 14.4 Å². The Hall–Kier alpha value is -1.97. The van der Waals surface area contributed by atoms with Crippen LogP contribution >= 0.6 is 0 Å². The van der Waals surface area contributed by atoms with E-state index in [0.29, 0.717) is 19.6 Å². The van der Waals surface area contributed by atoms with Gasteiger partial charge < -0.3 is 24.4 Å². The second kappa shape index (κ2) is 9.45. The van der Waals surface area contributed by atoms with Crippen molar-refractivity contribution >= 4 is 17.7 Å². The van der Waals surface area contributed by atoms with Gasteiger partial charge in [-0.25, -0.2) is 4.79 Å². The average molecular weight is 426 g/mol. The van der Waals surface area contributed by atoms with Gasteiger partial charge in [-0.05, 0) is 41.5 Å². The molecule has 0 saturated carbocycles. The highest BCUT2D eigenvalue weighted by Gasteiger charge is 2.40. The summed E-state index contributed by atoms with van der Waals surface area (Å²) in [6.45, 7) is 12.6. The lowest BCUT2D eigenvalue weighted by Gasteiger charge is -2.29. The molecule has 0 aliphatic carbocycles. The van der Waals surface area contributed by atoms with Crippen LogP contribution in [0.3, 0.4) is 0 Å². The topological polar surface area (TPSA) is 106 Å². The third kappa shape index (κ3) is 7.70. The van der Waals surface area contributed by atoms with Gasteiger partial charge >= 0.3 is 6.03 Å². The Morgan fingerprint density at radius 2 is 1.87 bits per heavy atom. The van der Waals surface area contributed by atoms with E-state index >= 15 is 0 Å². The Morgan fingerprint density at radius 3 is 2.47 bits per heavy atom. The van der Waals surface area contributed by atoms with E-state index in [1.165, 1.54) is 6.20 Å². The second-order valence-electron chi connectivity index (χ2n) is 9.72.